The molecule has 1 aliphatic rings. The van der Waals surface area contributed by atoms with Gasteiger partial charge in [-0.05, 0) is 51.3 Å². The van der Waals surface area contributed by atoms with E-state index in [1.807, 2.05) is 6.07 Å². The van der Waals surface area contributed by atoms with Crippen molar-refractivity contribution in [1.82, 2.24) is 10.2 Å². The molecular formula is C17H29ClN2S. The summed E-state index contributed by atoms with van der Waals surface area (Å²) in [4.78, 5) is 3.78. The summed E-state index contributed by atoms with van der Waals surface area (Å²) in [7, 11) is 4.49. The number of likely N-dealkylation sites (N-methyl/N-ethyl adjacent to an activating group) is 1. The van der Waals surface area contributed by atoms with Crippen LogP contribution < -0.4 is 5.32 Å². The van der Waals surface area contributed by atoms with Crippen molar-refractivity contribution in [3.8, 4) is 0 Å². The highest BCUT2D eigenvalue weighted by molar-refractivity contribution is 7.10. The lowest BCUT2D eigenvalue weighted by molar-refractivity contribution is 0.0815. The lowest BCUT2D eigenvalue weighted by atomic mass is 9.80. The van der Waals surface area contributed by atoms with Crippen LogP contribution in [-0.4, -0.2) is 31.1 Å². The average Bonchev–Trinajstić information content (AvgIpc) is 2.74. The fraction of sp³-hybridized carbons (Fsp3) is 0.765. The van der Waals surface area contributed by atoms with Crippen LogP contribution in [0.15, 0.2) is 11.4 Å². The van der Waals surface area contributed by atoms with E-state index in [0.29, 0.717) is 6.04 Å². The van der Waals surface area contributed by atoms with Gasteiger partial charge in [0, 0.05) is 10.4 Å². The Hall–Kier alpha value is -0.0900. The lowest BCUT2D eigenvalue weighted by Crippen LogP contribution is -2.53. The minimum absolute atomic E-state index is 0.195. The molecule has 2 nitrogen and oxygen atoms in total. The molecule has 2 rings (SSSR count). The molecular weight excluding hydrogens is 300 g/mol. The number of halogens is 1. The van der Waals surface area contributed by atoms with E-state index < -0.39 is 0 Å². The molecule has 0 aliphatic heterocycles. The third-order valence-corrected chi connectivity index (χ3v) is 6.33. The standard InChI is InChI=1S/C17H29ClN2S/c1-4-12-19-16(15-14(18)9-13-21-15)17(20(2)3)10-7-5-6-8-11-17/h9,13,16,19H,4-8,10-12H2,1-3H3. The SMILES string of the molecule is CCCNC(c1sccc1Cl)C1(N(C)C)CCCCCC1. The molecule has 4 heteroatoms. The first-order valence-corrected chi connectivity index (χ1v) is 9.51. The summed E-state index contributed by atoms with van der Waals surface area (Å²) < 4.78 is 0. The fourth-order valence-electron chi connectivity index (χ4n) is 3.66. The number of hydrogen-bond donors (Lipinski definition) is 1. The molecule has 1 N–H and O–H groups in total. The maximum Gasteiger partial charge on any atom is 0.0616 e. The van der Waals surface area contributed by atoms with Crippen LogP contribution in [0.25, 0.3) is 0 Å². The third kappa shape index (κ3) is 3.82. The predicted molar refractivity (Wildman–Crippen MR) is 94.5 cm³/mol. The molecule has 0 aromatic carbocycles. The van der Waals surface area contributed by atoms with Gasteiger partial charge in [-0.15, -0.1) is 11.3 Å². The maximum atomic E-state index is 6.49. The van der Waals surface area contributed by atoms with Gasteiger partial charge in [-0.1, -0.05) is 44.2 Å². The molecule has 0 bridgehead atoms. The van der Waals surface area contributed by atoms with E-state index >= 15 is 0 Å². The van der Waals surface area contributed by atoms with Crippen LogP contribution >= 0.6 is 22.9 Å². The fourth-order valence-corrected chi connectivity index (χ4v) is 5.01. The Morgan fingerprint density at radius 1 is 1.29 bits per heavy atom. The summed E-state index contributed by atoms with van der Waals surface area (Å²) in [6.45, 7) is 3.28. The molecule has 1 aromatic heterocycles. The van der Waals surface area contributed by atoms with Crippen LogP contribution in [0.5, 0.6) is 0 Å². The molecule has 0 spiro atoms. The molecule has 0 saturated heterocycles. The highest BCUT2D eigenvalue weighted by atomic mass is 35.5. The molecule has 1 aliphatic carbocycles. The van der Waals surface area contributed by atoms with Gasteiger partial charge in [-0.2, -0.15) is 0 Å². The van der Waals surface area contributed by atoms with Crippen molar-refractivity contribution >= 4 is 22.9 Å². The Bertz CT molecular complexity index is 422. The number of thiophene rings is 1. The summed E-state index contributed by atoms with van der Waals surface area (Å²) in [5, 5.41) is 6.87. The van der Waals surface area contributed by atoms with Crippen LogP contribution in [0.3, 0.4) is 0 Å². The molecule has 1 unspecified atom stereocenters. The summed E-state index contributed by atoms with van der Waals surface area (Å²) in [6.07, 6.45) is 9.06. The van der Waals surface area contributed by atoms with Gasteiger partial charge in [0.05, 0.1) is 11.1 Å². The first-order valence-electron chi connectivity index (χ1n) is 8.25. The largest absolute Gasteiger partial charge is 0.308 e. The zero-order valence-corrected chi connectivity index (χ0v) is 15.2. The second-order valence-corrected chi connectivity index (χ2v) is 7.79. The zero-order chi connectivity index (χ0) is 15.3. The van der Waals surface area contributed by atoms with Gasteiger partial charge in [-0.3, -0.25) is 0 Å². The van der Waals surface area contributed by atoms with Crippen molar-refractivity contribution < 1.29 is 0 Å². The minimum Gasteiger partial charge on any atom is -0.308 e. The molecule has 120 valence electrons. The molecule has 1 atom stereocenters. The van der Waals surface area contributed by atoms with Crippen LogP contribution in [0.1, 0.15) is 62.8 Å². The molecule has 0 amide bonds. The molecule has 1 fully saturated rings. The number of hydrogen-bond acceptors (Lipinski definition) is 3. The van der Waals surface area contributed by atoms with Crippen LogP contribution in [0.4, 0.5) is 0 Å². The van der Waals surface area contributed by atoms with E-state index in [9.17, 15) is 0 Å². The monoisotopic (exact) mass is 328 g/mol. The number of rotatable bonds is 6. The lowest BCUT2D eigenvalue weighted by Gasteiger charge is -2.46. The van der Waals surface area contributed by atoms with E-state index in [1.165, 1.54) is 43.4 Å². The van der Waals surface area contributed by atoms with E-state index in [2.05, 4.69) is 36.6 Å². The number of nitrogens with zero attached hydrogens (tertiary/aromatic N) is 1. The maximum absolute atomic E-state index is 6.49. The smallest absolute Gasteiger partial charge is 0.0616 e. The normalized spacial score (nSPS) is 20.4. The Balaban J connectivity index is 2.37. The second-order valence-electron chi connectivity index (χ2n) is 6.43. The Morgan fingerprint density at radius 2 is 1.95 bits per heavy atom. The van der Waals surface area contributed by atoms with Crippen LogP contribution in [0.2, 0.25) is 5.02 Å². The summed E-state index contributed by atoms with van der Waals surface area (Å²) in [5.41, 5.74) is 0.195. The Kier molecular flexibility index (Phi) is 6.54. The van der Waals surface area contributed by atoms with Crippen molar-refractivity contribution in [2.24, 2.45) is 0 Å². The van der Waals surface area contributed by atoms with Crippen molar-refractivity contribution in [1.29, 1.82) is 0 Å². The highest BCUT2D eigenvalue weighted by Gasteiger charge is 2.42. The van der Waals surface area contributed by atoms with E-state index in [-0.39, 0.29) is 5.54 Å². The quantitative estimate of drug-likeness (QED) is 0.731. The van der Waals surface area contributed by atoms with Crippen LogP contribution in [0, 0.1) is 0 Å². The van der Waals surface area contributed by atoms with Gasteiger partial charge in [0.15, 0.2) is 0 Å². The molecule has 1 heterocycles. The van der Waals surface area contributed by atoms with Crippen LogP contribution in [-0.2, 0) is 0 Å². The van der Waals surface area contributed by atoms with Gasteiger partial charge >= 0.3 is 0 Å². The van der Waals surface area contributed by atoms with Crippen molar-refractivity contribution in [2.75, 3.05) is 20.6 Å². The second kappa shape index (κ2) is 7.96. The van der Waals surface area contributed by atoms with Crippen molar-refractivity contribution in [3.63, 3.8) is 0 Å². The van der Waals surface area contributed by atoms with E-state index in [1.54, 1.807) is 11.3 Å². The molecule has 1 aromatic rings. The predicted octanol–water partition coefficient (Wildman–Crippen LogP) is 5.10. The topological polar surface area (TPSA) is 15.3 Å². The van der Waals surface area contributed by atoms with Crippen molar-refractivity contribution in [3.05, 3.63) is 21.3 Å². The van der Waals surface area contributed by atoms with E-state index in [0.717, 1.165) is 18.0 Å². The van der Waals surface area contributed by atoms with Crippen molar-refractivity contribution in [2.45, 2.75) is 63.5 Å². The Morgan fingerprint density at radius 3 is 2.43 bits per heavy atom. The zero-order valence-electron chi connectivity index (χ0n) is 13.6. The highest BCUT2D eigenvalue weighted by Crippen LogP contribution is 2.44. The first-order chi connectivity index (χ1) is 10.1. The van der Waals surface area contributed by atoms with Gasteiger partial charge in [0.2, 0.25) is 0 Å². The summed E-state index contributed by atoms with van der Waals surface area (Å²) in [6, 6.07) is 2.39. The third-order valence-electron chi connectivity index (χ3n) is 4.90. The molecule has 21 heavy (non-hydrogen) atoms. The van der Waals surface area contributed by atoms with Gasteiger partial charge in [0.1, 0.15) is 0 Å². The average molecular weight is 329 g/mol. The van der Waals surface area contributed by atoms with E-state index in [4.69, 9.17) is 11.6 Å². The first kappa shape index (κ1) is 17.3. The minimum atomic E-state index is 0.195. The number of nitrogens with one attached hydrogen (secondary N) is 1. The molecule has 0 radical (unpaired) electrons. The summed E-state index contributed by atoms with van der Waals surface area (Å²) >= 11 is 8.30. The van der Waals surface area contributed by atoms with Gasteiger partial charge in [0.25, 0.3) is 0 Å². The van der Waals surface area contributed by atoms with Gasteiger partial charge < -0.3 is 10.2 Å². The Labute approximate surface area is 138 Å². The summed E-state index contributed by atoms with van der Waals surface area (Å²) in [5.74, 6) is 0. The molecule has 1 saturated carbocycles. The van der Waals surface area contributed by atoms with Gasteiger partial charge in [-0.25, -0.2) is 0 Å².